The Bertz CT molecular complexity index is 764. The predicted molar refractivity (Wildman–Crippen MR) is 90.2 cm³/mol. The average Bonchev–Trinajstić information content (AvgIpc) is 2.55. The molecule has 0 aromatic heterocycles. The molecule has 23 heavy (non-hydrogen) atoms. The van der Waals surface area contributed by atoms with E-state index in [0.717, 1.165) is 5.56 Å². The molecule has 122 valence electrons. The SMILES string of the molecule is O=C(NCCS(=O)(=O)c1ccccc1)NCc1ccccc1Cl. The highest BCUT2D eigenvalue weighted by Crippen LogP contribution is 2.14. The molecular formula is C16H17ClN2O3S. The van der Waals surface area contributed by atoms with Gasteiger partial charge in [-0.25, -0.2) is 13.2 Å². The molecule has 2 N–H and O–H groups in total. The van der Waals surface area contributed by atoms with Crippen LogP contribution in [0.1, 0.15) is 5.56 Å². The minimum absolute atomic E-state index is 0.0333. The van der Waals surface area contributed by atoms with Gasteiger partial charge in [0.05, 0.1) is 10.6 Å². The summed E-state index contributed by atoms with van der Waals surface area (Å²) in [7, 11) is -3.39. The molecule has 0 radical (unpaired) electrons. The van der Waals surface area contributed by atoms with Crippen molar-refractivity contribution in [3.05, 3.63) is 65.2 Å². The first-order chi connectivity index (χ1) is 11.0. The second-order valence-electron chi connectivity index (χ2n) is 4.83. The summed E-state index contributed by atoms with van der Waals surface area (Å²) in [5.74, 6) is -0.156. The van der Waals surface area contributed by atoms with Crippen LogP contribution in [0.25, 0.3) is 0 Å². The van der Waals surface area contributed by atoms with Gasteiger partial charge < -0.3 is 10.6 Å². The summed E-state index contributed by atoms with van der Waals surface area (Å²) in [5.41, 5.74) is 0.793. The Balaban J connectivity index is 1.78. The second kappa shape index (κ2) is 7.99. The van der Waals surface area contributed by atoms with Crippen molar-refractivity contribution >= 4 is 27.5 Å². The van der Waals surface area contributed by atoms with Crippen LogP contribution >= 0.6 is 11.6 Å². The summed E-state index contributed by atoms with van der Waals surface area (Å²) in [6, 6.07) is 14.9. The average molecular weight is 353 g/mol. The Morgan fingerprint density at radius 2 is 1.61 bits per heavy atom. The lowest BCUT2D eigenvalue weighted by Gasteiger charge is -2.09. The third-order valence-corrected chi connectivity index (χ3v) is 5.26. The maximum atomic E-state index is 12.0. The van der Waals surface area contributed by atoms with E-state index in [9.17, 15) is 13.2 Å². The summed E-state index contributed by atoms with van der Waals surface area (Å²) < 4.78 is 24.1. The van der Waals surface area contributed by atoms with Crippen molar-refractivity contribution in [3.63, 3.8) is 0 Å². The highest BCUT2D eigenvalue weighted by molar-refractivity contribution is 7.91. The highest BCUT2D eigenvalue weighted by atomic mass is 35.5. The van der Waals surface area contributed by atoms with Gasteiger partial charge in [0, 0.05) is 18.1 Å². The standard InChI is InChI=1S/C16H17ClN2O3S/c17-15-9-5-4-6-13(15)12-19-16(20)18-10-11-23(21,22)14-7-2-1-3-8-14/h1-9H,10-12H2,(H2,18,19,20). The molecule has 0 saturated heterocycles. The molecule has 2 aromatic carbocycles. The number of hydrogen-bond acceptors (Lipinski definition) is 3. The van der Waals surface area contributed by atoms with Gasteiger partial charge in [-0.05, 0) is 23.8 Å². The predicted octanol–water partition coefficient (Wildman–Crippen LogP) is 2.61. The van der Waals surface area contributed by atoms with E-state index >= 15 is 0 Å². The molecule has 2 rings (SSSR count). The van der Waals surface area contributed by atoms with Gasteiger partial charge in [-0.3, -0.25) is 0 Å². The quantitative estimate of drug-likeness (QED) is 0.839. The van der Waals surface area contributed by atoms with Crippen LogP contribution in [0.15, 0.2) is 59.5 Å². The van der Waals surface area contributed by atoms with Gasteiger partial charge >= 0.3 is 6.03 Å². The number of hydrogen-bond donors (Lipinski definition) is 2. The fourth-order valence-electron chi connectivity index (χ4n) is 1.92. The third-order valence-electron chi connectivity index (χ3n) is 3.16. The first-order valence-electron chi connectivity index (χ1n) is 7.02. The molecule has 5 nitrogen and oxygen atoms in total. The molecule has 0 spiro atoms. The van der Waals surface area contributed by atoms with Gasteiger partial charge in [-0.15, -0.1) is 0 Å². The number of urea groups is 1. The first kappa shape index (κ1) is 17.3. The molecule has 0 saturated carbocycles. The van der Waals surface area contributed by atoms with E-state index in [2.05, 4.69) is 10.6 Å². The normalized spacial score (nSPS) is 11.0. The molecular weight excluding hydrogens is 336 g/mol. The van der Waals surface area contributed by atoms with Crippen LogP contribution in [0, 0.1) is 0 Å². The van der Waals surface area contributed by atoms with Crippen LogP contribution in [-0.4, -0.2) is 26.7 Å². The summed E-state index contributed by atoms with van der Waals surface area (Å²) in [4.78, 5) is 11.9. The van der Waals surface area contributed by atoms with Crippen LogP contribution in [0.3, 0.4) is 0 Å². The summed E-state index contributed by atoms with van der Waals surface area (Å²) in [6.07, 6.45) is 0. The Labute approximate surface area is 140 Å². The molecule has 0 fully saturated rings. The molecule has 0 aliphatic heterocycles. The van der Waals surface area contributed by atoms with Gasteiger partial charge in [-0.1, -0.05) is 48.0 Å². The fraction of sp³-hybridized carbons (Fsp3) is 0.188. The monoisotopic (exact) mass is 352 g/mol. The Morgan fingerprint density at radius 3 is 2.30 bits per heavy atom. The lowest BCUT2D eigenvalue weighted by Crippen LogP contribution is -2.37. The van der Waals surface area contributed by atoms with Crippen molar-refractivity contribution in [2.75, 3.05) is 12.3 Å². The number of halogens is 1. The summed E-state index contributed by atoms with van der Waals surface area (Å²) in [6.45, 7) is 0.308. The smallest absolute Gasteiger partial charge is 0.315 e. The van der Waals surface area contributed by atoms with Crippen LogP contribution in [0.4, 0.5) is 4.79 Å². The topological polar surface area (TPSA) is 75.3 Å². The Morgan fingerprint density at radius 1 is 0.957 bits per heavy atom. The summed E-state index contributed by atoms with van der Waals surface area (Å²) in [5, 5.41) is 5.73. The van der Waals surface area contributed by atoms with E-state index < -0.39 is 15.9 Å². The van der Waals surface area contributed by atoms with E-state index in [1.165, 1.54) is 12.1 Å². The molecule has 0 bridgehead atoms. The van der Waals surface area contributed by atoms with Crippen molar-refractivity contribution in [1.82, 2.24) is 10.6 Å². The van der Waals surface area contributed by atoms with Crippen molar-refractivity contribution < 1.29 is 13.2 Å². The Hall–Kier alpha value is -2.05. The van der Waals surface area contributed by atoms with Crippen LogP contribution in [-0.2, 0) is 16.4 Å². The molecule has 2 aromatic rings. The maximum absolute atomic E-state index is 12.0. The molecule has 0 heterocycles. The Kier molecular flexibility index (Phi) is 6.01. The van der Waals surface area contributed by atoms with Gasteiger partial charge in [0.2, 0.25) is 0 Å². The molecule has 2 amide bonds. The van der Waals surface area contributed by atoms with Crippen LogP contribution < -0.4 is 10.6 Å². The van der Waals surface area contributed by atoms with Crippen LogP contribution in [0.2, 0.25) is 5.02 Å². The van der Waals surface area contributed by atoms with Gasteiger partial charge in [0.15, 0.2) is 9.84 Å². The molecule has 0 unspecified atom stereocenters. The summed E-state index contributed by atoms with van der Waals surface area (Å²) >= 11 is 5.99. The molecule has 0 aliphatic carbocycles. The third kappa shape index (κ3) is 5.26. The maximum Gasteiger partial charge on any atom is 0.315 e. The van der Waals surface area contributed by atoms with Crippen molar-refractivity contribution in [1.29, 1.82) is 0 Å². The highest BCUT2D eigenvalue weighted by Gasteiger charge is 2.13. The first-order valence-corrected chi connectivity index (χ1v) is 9.05. The van der Waals surface area contributed by atoms with Crippen molar-refractivity contribution in [2.24, 2.45) is 0 Å². The fourth-order valence-corrected chi connectivity index (χ4v) is 3.31. The molecule has 7 heteroatoms. The lowest BCUT2D eigenvalue weighted by molar-refractivity contribution is 0.241. The van der Waals surface area contributed by atoms with E-state index in [-0.39, 0.29) is 23.7 Å². The number of carbonyl (C=O) groups excluding carboxylic acids is 1. The number of rotatable bonds is 6. The number of sulfone groups is 1. The van der Waals surface area contributed by atoms with Crippen molar-refractivity contribution in [2.45, 2.75) is 11.4 Å². The van der Waals surface area contributed by atoms with Gasteiger partial charge in [0.25, 0.3) is 0 Å². The van der Waals surface area contributed by atoms with E-state index in [1.54, 1.807) is 30.3 Å². The van der Waals surface area contributed by atoms with Crippen molar-refractivity contribution in [3.8, 4) is 0 Å². The van der Waals surface area contributed by atoms with E-state index in [0.29, 0.717) is 5.02 Å². The minimum Gasteiger partial charge on any atom is -0.337 e. The zero-order valence-corrected chi connectivity index (χ0v) is 13.9. The van der Waals surface area contributed by atoms with E-state index in [4.69, 9.17) is 11.6 Å². The zero-order valence-electron chi connectivity index (χ0n) is 12.3. The van der Waals surface area contributed by atoms with Gasteiger partial charge in [0.1, 0.15) is 0 Å². The van der Waals surface area contributed by atoms with Crippen LogP contribution in [0.5, 0.6) is 0 Å². The number of amides is 2. The molecule has 0 atom stereocenters. The zero-order chi connectivity index (χ0) is 16.7. The second-order valence-corrected chi connectivity index (χ2v) is 7.35. The number of carbonyl (C=O) groups is 1. The lowest BCUT2D eigenvalue weighted by atomic mass is 10.2. The number of benzene rings is 2. The minimum atomic E-state index is -3.39. The number of nitrogens with one attached hydrogen (secondary N) is 2. The van der Waals surface area contributed by atoms with E-state index in [1.807, 2.05) is 12.1 Å². The largest absolute Gasteiger partial charge is 0.337 e. The molecule has 0 aliphatic rings. The van der Waals surface area contributed by atoms with Gasteiger partial charge in [-0.2, -0.15) is 0 Å².